The fourth-order valence-corrected chi connectivity index (χ4v) is 2.72. The number of rotatable bonds is 3. The molecule has 0 saturated carbocycles. The summed E-state index contributed by atoms with van der Waals surface area (Å²) in [5.41, 5.74) is 9.01. The van der Waals surface area contributed by atoms with E-state index in [0.717, 1.165) is 22.5 Å². The lowest BCUT2D eigenvalue weighted by Crippen LogP contribution is -3.00. The minimum atomic E-state index is 0. The van der Waals surface area contributed by atoms with E-state index in [4.69, 9.17) is 4.42 Å². The van der Waals surface area contributed by atoms with E-state index in [1.807, 2.05) is 40.3 Å². The van der Waals surface area contributed by atoms with Gasteiger partial charge in [0.25, 0.3) is 0 Å². The molecular formula is C22H29Br2N3O. The van der Waals surface area contributed by atoms with Gasteiger partial charge in [0.2, 0.25) is 0 Å². The van der Waals surface area contributed by atoms with Crippen molar-refractivity contribution >= 4 is 17.0 Å². The van der Waals surface area contributed by atoms with Gasteiger partial charge < -0.3 is 49.0 Å². The number of furan rings is 1. The maximum absolute atomic E-state index is 5.70. The summed E-state index contributed by atoms with van der Waals surface area (Å²) in [5.74, 6) is 0.880. The largest absolute Gasteiger partial charge is 1.00 e. The topological polar surface area (TPSA) is 47.0 Å². The van der Waals surface area contributed by atoms with Crippen LogP contribution in [-0.4, -0.2) is 45.5 Å². The van der Waals surface area contributed by atoms with Crippen molar-refractivity contribution in [2.45, 2.75) is 0 Å². The molecular weight excluding hydrogens is 482 g/mol. The van der Waals surface area contributed by atoms with Crippen LogP contribution in [0.3, 0.4) is 0 Å². The highest BCUT2D eigenvalue weighted by molar-refractivity contribution is 6.03. The van der Waals surface area contributed by atoms with E-state index >= 15 is 0 Å². The second-order valence-electron chi connectivity index (χ2n) is 6.23. The fourth-order valence-electron chi connectivity index (χ4n) is 2.72. The molecule has 4 nitrogen and oxygen atoms in total. The van der Waals surface area contributed by atoms with Crippen molar-refractivity contribution in [1.82, 2.24) is 0 Å². The fraction of sp³-hybridized carbons (Fsp3) is 0.227. The summed E-state index contributed by atoms with van der Waals surface area (Å²) in [6, 6.07) is 12.5. The molecule has 0 saturated heterocycles. The summed E-state index contributed by atoms with van der Waals surface area (Å²) in [5, 5.41) is 0. The predicted octanol–water partition coefficient (Wildman–Crippen LogP) is -3.15. The number of hydrogen-bond acceptors (Lipinski definition) is 2. The van der Waals surface area contributed by atoms with Gasteiger partial charge in [-0.15, -0.1) is 0 Å². The molecule has 1 heterocycles. The van der Waals surface area contributed by atoms with Crippen molar-refractivity contribution in [2.24, 2.45) is 0 Å². The predicted molar refractivity (Wildman–Crippen MR) is 110 cm³/mol. The normalized spacial score (nSPS) is 11.6. The Balaban J connectivity index is 0.00000177. The summed E-state index contributed by atoms with van der Waals surface area (Å²) < 4.78 is 7.80. The third-order valence-electron chi connectivity index (χ3n) is 4.11. The van der Waals surface area contributed by atoms with Crippen LogP contribution < -0.4 is 44.6 Å². The van der Waals surface area contributed by atoms with Crippen molar-refractivity contribution in [3.63, 3.8) is 0 Å². The highest BCUT2D eigenvalue weighted by atomic mass is 79.9. The molecule has 0 fully saturated rings. The van der Waals surface area contributed by atoms with Gasteiger partial charge in [-0.2, -0.15) is 0 Å². The molecule has 6 heteroatoms. The first kappa shape index (κ1) is 26.1. The molecule has 152 valence electrons. The van der Waals surface area contributed by atoms with Crippen LogP contribution in [0.2, 0.25) is 0 Å². The summed E-state index contributed by atoms with van der Waals surface area (Å²) in [4.78, 5) is 2.10. The van der Waals surface area contributed by atoms with Crippen LogP contribution >= 0.6 is 0 Å². The first-order chi connectivity index (χ1) is 12.6. The van der Waals surface area contributed by atoms with E-state index in [1.54, 1.807) is 13.3 Å². The van der Waals surface area contributed by atoms with Gasteiger partial charge in [0.05, 0.1) is 13.3 Å². The molecule has 0 radical (unpaired) electrons. The van der Waals surface area contributed by atoms with E-state index in [9.17, 15) is 0 Å². The molecule has 0 atom stereocenters. The number of anilines is 1. The van der Waals surface area contributed by atoms with Crippen LogP contribution in [-0.2, 0) is 0 Å². The summed E-state index contributed by atoms with van der Waals surface area (Å²) in [7, 11) is 9.94. The van der Waals surface area contributed by atoms with Gasteiger partial charge in [-0.05, 0) is 47.6 Å². The number of allylic oxidation sites excluding steroid dienone is 5. The molecule has 0 amide bonds. The second-order valence-corrected chi connectivity index (χ2v) is 6.23. The summed E-state index contributed by atoms with van der Waals surface area (Å²) in [6.45, 7) is 0. The van der Waals surface area contributed by atoms with Crippen molar-refractivity contribution < 1.29 is 48.7 Å². The number of quaternary nitrogens is 1. The molecule has 0 bridgehead atoms. The maximum atomic E-state index is 5.70. The molecule has 0 unspecified atom stereocenters. The molecule has 1 aromatic heterocycles. The van der Waals surface area contributed by atoms with E-state index in [1.165, 1.54) is 11.4 Å². The van der Waals surface area contributed by atoms with Gasteiger partial charge in [-0.1, -0.05) is 12.1 Å². The second kappa shape index (κ2) is 12.5. The minimum absolute atomic E-state index is 0. The third-order valence-corrected chi connectivity index (χ3v) is 4.11. The summed E-state index contributed by atoms with van der Waals surface area (Å²) >= 11 is 0. The SMILES string of the molecule is CN(C)c1ccc(C(=C2C=CC(=[N+](C)C)C=C2)c2ccco2)cc1.C[NH3+].[Br-].[Br-]. The van der Waals surface area contributed by atoms with Gasteiger partial charge in [0.1, 0.15) is 19.9 Å². The lowest BCUT2D eigenvalue weighted by atomic mass is 9.94. The molecule has 3 rings (SSSR count). The van der Waals surface area contributed by atoms with Gasteiger partial charge in [0, 0.05) is 37.5 Å². The smallest absolute Gasteiger partial charge is 0.199 e. The molecule has 1 aromatic carbocycles. The lowest BCUT2D eigenvalue weighted by molar-refractivity contribution is -0.462. The van der Waals surface area contributed by atoms with Gasteiger partial charge in [-0.3, -0.25) is 0 Å². The minimum Gasteiger partial charge on any atom is -1.00 e. The monoisotopic (exact) mass is 509 g/mol. The molecule has 0 spiro atoms. The van der Waals surface area contributed by atoms with Crippen molar-refractivity contribution in [2.75, 3.05) is 40.1 Å². The van der Waals surface area contributed by atoms with Crippen LogP contribution in [0, 0.1) is 0 Å². The third kappa shape index (κ3) is 6.33. The van der Waals surface area contributed by atoms with Crippen molar-refractivity contribution in [3.8, 4) is 0 Å². The maximum Gasteiger partial charge on any atom is 0.199 e. The molecule has 28 heavy (non-hydrogen) atoms. The van der Waals surface area contributed by atoms with Crippen LogP contribution in [0.25, 0.3) is 5.57 Å². The first-order valence-electron chi connectivity index (χ1n) is 8.73. The number of benzene rings is 1. The van der Waals surface area contributed by atoms with Crippen LogP contribution in [0.5, 0.6) is 0 Å². The lowest BCUT2D eigenvalue weighted by Gasteiger charge is -2.15. The molecule has 3 N–H and O–H groups in total. The number of halogens is 2. The van der Waals surface area contributed by atoms with E-state index in [2.05, 4.69) is 63.8 Å². The summed E-state index contributed by atoms with van der Waals surface area (Å²) in [6.07, 6.45) is 10.3. The molecule has 1 aliphatic carbocycles. The van der Waals surface area contributed by atoms with Gasteiger partial charge >= 0.3 is 0 Å². The Morgan fingerprint density at radius 3 is 1.89 bits per heavy atom. The highest BCUT2D eigenvalue weighted by Crippen LogP contribution is 2.30. The number of hydrogen-bond donors (Lipinski definition) is 1. The van der Waals surface area contributed by atoms with Crippen LogP contribution in [0.4, 0.5) is 5.69 Å². The molecule has 0 aliphatic heterocycles. The highest BCUT2D eigenvalue weighted by Gasteiger charge is 2.15. The Labute approximate surface area is 189 Å². The average molecular weight is 511 g/mol. The van der Waals surface area contributed by atoms with Crippen molar-refractivity contribution in [3.05, 3.63) is 83.9 Å². The van der Waals surface area contributed by atoms with Gasteiger partial charge in [0.15, 0.2) is 5.71 Å². The quantitative estimate of drug-likeness (QED) is 0.443. The van der Waals surface area contributed by atoms with Gasteiger partial charge in [-0.25, -0.2) is 4.58 Å². The van der Waals surface area contributed by atoms with E-state index in [0.29, 0.717) is 0 Å². The first-order valence-corrected chi connectivity index (χ1v) is 8.73. The zero-order valence-electron chi connectivity index (χ0n) is 17.1. The van der Waals surface area contributed by atoms with E-state index in [-0.39, 0.29) is 34.0 Å². The number of nitrogens with zero attached hydrogens (tertiary/aromatic N) is 2. The molecule has 2 aromatic rings. The Hall–Kier alpha value is -1.89. The molecule has 1 aliphatic rings. The average Bonchev–Trinajstić information content (AvgIpc) is 3.19. The zero-order valence-corrected chi connectivity index (χ0v) is 20.3. The van der Waals surface area contributed by atoms with E-state index < -0.39 is 0 Å². The van der Waals surface area contributed by atoms with Crippen LogP contribution in [0.15, 0.2) is 77.0 Å². The van der Waals surface area contributed by atoms with Crippen molar-refractivity contribution in [1.29, 1.82) is 0 Å². The zero-order chi connectivity index (χ0) is 19.1. The Morgan fingerprint density at radius 1 is 0.893 bits per heavy atom. The Morgan fingerprint density at radius 2 is 1.46 bits per heavy atom. The Kier molecular flexibility index (Phi) is 11.7. The Bertz CT molecular complexity index is 824. The standard InChI is InChI=1S/C21H23N2O.CH5N.2BrH/c1-22(2)18-11-7-16(8-12-18)21(20-6-5-15-24-20)17-9-13-19(14-10-17)23(3)4;1-2;;/h5-15H,1-4H3;2H2,1H3;2*1H/q+1;;;/p-1. The van der Waals surface area contributed by atoms with Crippen LogP contribution in [0.1, 0.15) is 11.3 Å².